The molecule has 0 saturated carbocycles. The van der Waals surface area contributed by atoms with Crippen LogP contribution < -0.4 is 16.0 Å². The third-order valence-corrected chi connectivity index (χ3v) is 3.70. The van der Waals surface area contributed by atoms with Crippen LogP contribution in [0.2, 0.25) is 0 Å². The maximum Gasteiger partial charge on any atom is 0.303 e. The minimum Gasteiger partial charge on any atom is -0.508 e. The molecular weight excluding hydrogens is 342 g/mol. The molecule has 0 bridgehead atoms. The standard InChI is InChI=1S/C21H23N3O3/c1-5-18(26)24(16-9-11-17(25)12-10-16)19(20(27)23-21(2,3)4)14-7-6-8-15(22)13-14/h1,6-13,19,25H,22H2,2-4H3,(H,23,27). The third-order valence-electron chi connectivity index (χ3n) is 3.70. The summed E-state index contributed by atoms with van der Waals surface area (Å²) in [5.74, 6) is 1.03. The number of aromatic hydroxyl groups is 1. The zero-order chi connectivity index (χ0) is 20.2. The molecule has 0 spiro atoms. The van der Waals surface area contributed by atoms with Gasteiger partial charge in [-0.25, -0.2) is 0 Å². The van der Waals surface area contributed by atoms with E-state index in [1.807, 2.05) is 20.8 Å². The molecule has 0 fully saturated rings. The Morgan fingerprint density at radius 2 is 1.81 bits per heavy atom. The van der Waals surface area contributed by atoms with Gasteiger partial charge in [0.05, 0.1) is 0 Å². The number of terminal acetylenes is 1. The quantitative estimate of drug-likeness (QED) is 0.573. The number of nitrogen functional groups attached to an aromatic ring is 1. The van der Waals surface area contributed by atoms with E-state index in [-0.39, 0.29) is 5.75 Å². The van der Waals surface area contributed by atoms with Crippen LogP contribution in [-0.4, -0.2) is 22.5 Å². The second kappa shape index (κ2) is 7.83. The average Bonchev–Trinajstić information content (AvgIpc) is 2.58. The summed E-state index contributed by atoms with van der Waals surface area (Å²) in [7, 11) is 0. The lowest BCUT2D eigenvalue weighted by atomic mass is 10.00. The van der Waals surface area contributed by atoms with Crippen molar-refractivity contribution in [1.29, 1.82) is 0 Å². The van der Waals surface area contributed by atoms with E-state index in [1.54, 1.807) is 24.3 Å². The number of anilines is 2. The number of phenolic OH excluding ortho intramolecular Hbond substituents is 1. The Morgan fingerprint density at radius 3 is 2.33 bits per heavy atom. The SMILES string of the molecule is C#CC(=O)N(c1ccc(O)cc1)C(C(=O)NC(C)(C)C)c1cccc(N)c1. The van der Waals surface area contributed by atoms with Gasteiger partial charge in [0.15, 0.2) is 0 Å². The molecule has 1 atom stereocenters. The van der Waals surface area contributed by atoms with Crippen LogP contribution in [0.25, 0.3) is 0 Å². The second-order valence-electron chi connectivity index (χ2n) is 7.15. The van der Waals surface area contributed by atoms with E-state index in [2.05, 4.69) is 11.2 Å². The average molecular weight is 365 g/mol. The Kier molecular flexibility index (Phi) is 5.76. The fourth-order valence-electron chi connectivity index (χ4n) is 2.65. The predicted octanol–water partition coefficient (Wildman–Crippen LogP) is 2.60. The van der Waals surface area contributed by atoms with Gasteiger partial charge in [-0.1, -0.05) is 12.1 Å². The summed E-state index contributed by atoms with van der Waals surface area (Å²) in [5, 5.41) is 12.4. The number of carbonyl (C=O) groups excluding carboxylic acids is 2. The molecule has 6 nitrogen and oxygen atoms in total. The highest BCUT2D eigenvalue weighted by molar-refractivity contribution is 6.09. The summed E-state index contributed by atoms with van der Waals surface area (Å²) >= 11 is 0. The number of nitrogens with one attached hydrogen (secondary N) is 1. The summed E-state index contributed by atoms with van der Waals surface area (Å²) in [6, 6.07) is 11.6. The number of nitrogens with zero attached hydrogens (tertiary/aromatic N) is 1. The zero-order valence-electron chi connectivity index (χ0n) is 15.6. The Bertz CT molecular complexity index is 877. The molecule has 2 aromatic carbocycles. The van der Waals surface area contributed by atoms with E-state index < -0.39 is 23.4 Å². The van der Waals surface area contributed by atoms with E-state index in [9.17, 15) is 14.7 Å². The van der Waals surface area contributed by atoms with Gasteiger partial charge in [0.2, 0.25) is 5.91 Å². The Labute approximate surface area is 159 Å². The van der Waals surface area contributed by atoms with Gasteiger partial charge in [-0.15, -0.1) is 6.42 Å². The maximum atomic E-state index is 13.1. The number of rotatable bonds is 4. The Balaban J connectivity index is 2.63. The highest BCUT2D eigenvalue weighted by Crippen LogP contribution is 2.30. The molecule has 0 heterocycles. The Morgan fingerprint density at radius 1 is 1.19 bits per heavy atom. The van der Waals surface area contributed by atoms with E-state index in [0.29, 0.717) is 16.9 Å². The minimum atomic E-state index is -1.03. The minimum absolute atomic E-state index is 0.0338. The second-order valence-corrected chi connectivity index (χ2v) is 7.15. The smallest absolute Gasteiger partial charge is 0.303 e. The number of phenols is 1. The summed E-state index contributed by atoms with van der Waals surface area (Å²) in [4.78, 5) is 26.9. The summed E-state index contributed by atoms with van der Waals surface area (Å²) in [6.45, 7) is 5.53. The van der Waals surface area contributed by atoms with Crippen molar-refractivity contribution in [3.63, 3.8) is 0 Å². The first-order valence-corrected chi connectivity index (χ1v) is 8.38. The lowest BCUT2D eigenvalue weighted by Crippen LogP contribution is -2.49. The molecule has 0 aliphatic heterocycles. The fourth-order valence-corrected chi connectivity index (χ4v) is 2.65. The highest BCUT2D eigenvalue weighted by Gasteiger charge is 2.34. The van der Waals surface area contributed by atoms with Crippen LogP contribution in [0.15, 0.2) is 48.5 Å². The summed E-state index contributed by atoms with van der Waals surface area (Å²) in [6.07, 6.45) is 5.37. The van der Waals surface area contributed by atoms with Crippen LogP contribution in [-0.2, 0) is 9.59 Å². The molecule has 2 rings (SSSR count). The van der Waals surface area contributed by atoms with Crippen molar-refractivity contribution in [2.24, 2.45) is 0 Å². The first-order chi connectivity index (χ1) is 12.6. The van der Waals surface area contributed by atoms with Crippen LogP contribution in [0.1, 0.15) is 32.4 Å². The van der Waals surface area contributed by atoms with Crippen LogP contribution >= 0.6 is 0 Å². The summed E-state index contributed by atoms with van der Waals surface area (Å²) in [5.41, 5.74) is 6.73. The van der Waals surface area contributed by atoms with Crippen molar-refractivity contribution in [3.05, 3.63) is 54.1 Å². The van der Waals surface area contributed by atoms with Crippen molar-refractivity contribution in [2.45, 2.75) is 32.4 Å². The largest absolute Gasteiger partial charge is 0.508 e. The van der Waals surface area contributed by atoms with Gasteiger partial charge in [0.1, 0.15) is 11.8 Å². The van der Waals surface area contributed by atoms with Crippen LogP contribution in [0.3, 0.4) is 0 Å². The fraction of sp³-hybridized carbons (Fsp3) is 0.238. The topological polar surface area (TPSA) is 95.7 Å². The number of hydrogen-bond acceptors (Lipinski definition) is 4. The number of amides is 2. The van der Waals surface area contributed by atoms with E-state index in [4.69, 9.17) is 12.2 Å². The molecular formula is C21H23N3O3. The van der Waals surface area contributed by atoms with Crippen LogP contribution in [0.5, 0.6) is 5.75 Å². The highest BCUT2D eigenvalue weighted by atomic mass is 16.3. The van der Waals surface area contributed by atoms with E-state index in [0.717, 1.165) is 0 Å². The maximum absolute atomic E-state index is 13.1. The van der Waals surface area contributed by atoms with Gasteiger partial charge in [-0.2, -0.15) is 0 Å². The molecule has 1 unspecified atom stereocenters. The van der Waals surface area contributed by atoms with Gasteiger partial charge < -0.3 is 16.2 Å². The molecule has 6 heteroatoms. The van der Waals surface area contributed by atoms with Crippen LogP contribution in [0.4, 0.5) is 11.4 Å². The molecule has 0 saturated heterocycles. The molecule has 27 heavy (non-hydrogen) atoms. The Hall–Kier alpha value is -3.46. The number of hydrogen-bond donors (Lipinski definition) is 3. The predicted molar refractivity (Wildman–Crippen MR) is 106 cm³/mol. The third kappa shape index (κ3) is 5.02. The van der Waals surface area contributed by atoms with Crippen molar-refractivity contribution >= 4 is 23.2 Å². The molecule has 4 N–H and O–H groups in total. The number of carbonyl (C=O) groups is 2. The van der Waals surface area contributed by atoms with Crippen molar-refractivity contribution < 1.29 is 14.7 Å². The van der Waals surface area contributed by atoms with E-state index >= 15 is 0 Å². The molecule has 2 aromatic rings. The van der Waals surface area contributed by atoms with Gasteiger partial charge in [-0.3, -0.25) is 14.5 Å². The molecule has 0 aliphatic carbocycles. The molecule has 0 radical (unpaired) electrons. The van der Waals surface area contributed by atoms with Gasteiger partial charge in [-0.05, 0) is 68.7 Å². The summed E-state index contributed by atoms with van der Waals surface area (Å²) < 4.78 is 0. The van der Waals surface area contributed by atoms with Gasteiger partial charge in [0, 0.05) is 16.9 Å². The molecule has 0 aromatic heterocycles. The lowest BCUT2D eigenvalue weighted by Gasteiger charge is -2.32. The monoisotopic (exact) mass is 365 g/mol. The van der Waals surface area contributed by atoms with E-state index in [1.165, 1.54) is 29.2 Å². The van der Waals surface area contributed by atoms with Crippen molar-refractivity contribution in [1.82, 2.24) is 5.32 Å². The lowest BCUT2D eigenvalue weighted by molar-refractivity contribution is -0.126. The first kappa shape index (κ1) is 19.9. The normalized spacial score (nSPS) is 11.9. The van der Waals surface area contributed by atoms with Crippen molar-refractivity contribution in [2.75, 3.05) is 10.6 Å². The van der Waals surface area contributed by atoms with Crippen LogP contribution in [0, 0.1) is 12.3 Å². The van der Waals surface area contributed by atoms with Gasteiger partial charge >= 0.3 is 5.91 Å². The molecule has 140 valence electrons. The first-order valence-electron chi connectivity index (χ1n) is 8.38. The number of benzene rings is 2. The van der Waals surface area contributed by atoms with Crippen molar-refractivity contribution in [3.8, 4) is 18.1 Å². The zero-order valence-corrected chi connectivity index (χ0v) is 15.6. The number of nitrogens with two attached hydrogens (primary N) is 1. The van der Waals surface area contributed by atoms with Gasteiger partial charge in [0.25, 0.3) is 0 Å². The molecule has 0 aliphatic rings. The molecule has 2 amide bonds.